The van der Waals surface area contributed by atoms with Crippen LogP contribution in [0.3, 0.4) is 0 Å². The van der Waals surface area contributed by atoms with Gasteiger partial charge in [-0.25, -0.2) is 0 Å². The number of aliphatic hydroxyl groups excluding tert-OH is 1. The summed E-state index contributed by atoms with van der Waals surface area (Å²) >= 11 is 0. The maximum Gasteiger partial charge on any atom is 0.0603 e. The van der Waals surface area contributed by atoms with E-state index in [2.05, 4.69) is 5.32 Å². The third kappa shape index (κ3) is 2.42. The fraction of sp³-hybridized carbons (Fsp3) is 1.00. The number of nitrogens with one attached hydrogen (secondary N) is 1. The summed E-state index contributed by atoms with van der Waals surface area (Å²) < 4.78 is 5.91. The highest BCUT2D eigenvalue weighted by molar-refractivity contribution is 4.81. The first-order valence-corrected chi connectivity index (χ1v) is 5.35. The Morgan fingerprint density at radius 1 is 1.15 bits per heavy atom. The van der Waals surface area contributed by atoms with Gasteiger partial charge in [-0.15, -0.1) is 0 Å². The first-order valence-electron chi connectivity index (χ1n) is 5.35. The SMILES string of the molecule is OCC1CC(OC2CCNCC2)C1. The van der Waals surface area contributed by atoms with E-state index in [4.69, 9.17) is 9.84 Å². The average Bonchev–Trinajstić information content (AvgIpc) is 2.12. The molecule has 0 radical (unpaired) electrons. The Bertz CT molecular complexity index is 151. The quantitative estimate of drug-likeness (QED) is 0.674. The third-order valence-electron chi connectivity index (χ3n) is 3.12. The van der Waals surface area contributed by atoms with Gasteiger partial charge in [0.2, 0.25) is 0 Å². The van der Waals surface area contributed by atoms with Crippen LogP contribution in [0.4, 0.5) is 0 Å². The molecule has 2 rings (SSSR count). The van der Waals surface area contributed by atoms with Crippen molar-refractivity contribution in [3.63, 3.8) is 0 Å². The molecule has 0 aromatic heterocycles. The molecule has 0 aromatic rings. The molecule has 1 heterocycles. The Morgan fingerprint density at radius 3 is 2.46 bits per heavy atom. The van der Waals surface area contributed by atoms with Gasteiger partial charge in [-0.1, -0.05) is 0 Å². The zero-order chi connectivity index (χ0) is 9.10. The molecule has 2 aliphatic rings. The molecule has 1 saturated carbocycles. The zero-order valence-corrected chi connectivity index (χ0v) is 8.04. The molecule has 76 valence electrons. The minimum Gasteiger partial charge on any atom is -0.396 e. The summed E-state index contributed by atoms with van der Waals surface area (Å²) in [4.78, 5) is 0. The molecule has 2 fully saturated rings. The van der Waals surface area contributed by atoms with Crippen LogP contribution in [0, 0.1) is 5.92 Å². The van der Waals surface area contributed by atoms with Crippen LogP contribution in [0.5, 0.6) is 0 Å². The van der Waals surface area contributed by atoms with Gasteiger partial charge in [-0.3, -0.25) is 0 Å². The van der Waals surface area contributed by atoms with E-state index >= 15 is 0 Å². The lowest BCUT2D eigenvalue weighted by Gasteiger charge is -2.37. The monoisotopic (exact) mass is 185 g/mol. The van der Waals surface area contributed by atoms with Crippen LogP contribution in [0.25, 0.3) is 0 Å². The van der Waals surface area contributed by atoms with Gasteiger partial charge < -0.3 is 15.2 Å². The van der Waals surface area contributed by atoms with Gasteiger partial charge in [0.1, 0.15) is 0 Å². The van der Waals surface area contributed by atoms with Gasteiger partial charge in [-0.2, -0.15) is 0 Å². The van der Waals surface area contributed by atoms with Crippen molar-refractivity contribution in [1.29, 1.82) is 0 Å². The van der Waals surface area contributed by atoms with E-state index in [0.717, 1.165) is 38.8 Å². The summed E-state index contributed by atoms with van der Waals surface area (Å²) in [5, 5.41) is 12.2. The van der Waals surface area contributed by atoms with Gasteiger partial charge in [0.05, 0.1) is 12.2 Å². The molecule has 0 unspecified atom stereocenters. The van der Waals surface area contributed by atoms with E-state index in [1.54, 1.807) is 0 Å². The number of piperidine rings is 1. The molecule has 13 heavy (non-hydrogen) atoms. The summed E-state index contributed by atoms with van der Waals surface area (Å²) in [5.74, 6) is 0.520. The highest BCUT2D eigenvalue weighted by Crippen LogP contribution is 2.31. The Balaban J connectivity index is 1.62. The lowest BCUT2D eigenvalue weighted by molar-refractivity contribution is -0.0926. The molecule has 0 amide bonds. The fourth-order valence-corrected chi connectivity index (χ4v) is 2.14. The van der Waals surface area contributed by atoms with Crippen LogP contribution in [0.2, 0.25) is 0 Å². The van der Waals surface area contributed by atoms with E-state index < -0.39 is 0 Å². The topological polar surface area (TPSA) is 41.5 Å². The van der Waals surface area contributed by atoms with Crippen molar-refractivity contribution in [2.24, 2.45) is 5.92 Å². The van der Waals surface area contributed by atoms with Gasteiger partial charge in [-0.05, 0) is 44.7 Å². The number of aliphatic hydroxyl groups is 1. The average molecular weight is 185 g/mol. The second kappa shape index (κ2) is 4.40. The van der Waals surface area contributed by atoms with E-state index in [0.29, 0.717) is 24.7 Å². The lowest BCUT2D eigenvalue weighted by Crippen LogP contribution is -2.40. The van der Waals surface area contributed by atoms with E-state index in [9.17, 15) is 0 Å². The smallest absolute Gasteiger partial charge is 0.0603 e. The van der Waals surface area contributed by atoms with Crippen LogP contribution in [-0.2, 0) is 4.74 Å². The van der Waals surface area contributed by atoms with Crippen molar-refractivity contribution >= 4 is 0 Å². The molecule has 1 saturated heterocycles. The molecule has 2 N–H and O–H groups in total. The molecule has 0 bridgehead atoms. The molecular formula is C10H19NO2. The van der Waals surface area contributed by atoms with Crippen molar-refractivity contribution in [2.75, 3.05) is 19.7 Å². The normalized spacial score (nSPS) is 35.8. The van der Waals surface area contributed by atoms with E-state index in [1.165, 1.54) is 0 Å². The minimum absolute atomic E-state index is 0.339. The summed E-state index contributed by atoms with van der Waals surface area (Å²) in [5.41, 5.74) is 0. The van der Waals surface area contributed by atoms with E-state index in [1.807, 2.05) is 0 Å². The number of ether oxygens (including phenoxy) is 1. The second-order valence-electron chi connectivity index (χ2n) is 4.23. The van der Waals surface area contributed by atoms with Crippen molar-refractivity contribution < 1.29 is 9.84 Å². The van der Waals surface area contributed by atoms with Crippen LogP contribution in [0.15, 0.2) is 0 Å². The van der Waals surface area contributed by atoms with Crippen molar-refractivity contribution in [2.45, 2.75) is 37.9 Å². The van der Waals surface area contributed by atoms with Gasteiger partial charge in [0, 0.05) is 6.61 Å². The van der Waals surface area contributed by atoms with Crippen molar-refractivity contribution in [1.82, 2.24) is 5.32 Å². The predicted molar refractivity (Wildman–Crippen MR) is 50.6 cm³/mol. The molecule has 3 nitrogen and oxygen atoms in total. The highest BCUT2D eigenvalue weighted by Gasteiger charge is 2.31. The summed E-state index contributed by atoms with van der Waals surface area (Å²) in [6, 6.07) is 0. The minimum atomic E-state index is 0.339. The Labute approximate surface area is 79.5 Å². The standard InChI is InChI=1S/C10H19NO2/c12-7-8-5-10(6-8)13-9-1-3-11-4-2-9/h8-12H,1-7H2. The Morgan fingerprint density at radius 2 is 1.85 bits per heavy atom. The van der Waals surface area contributed by atoms with Gasteiger partial charge in [0.25, 0.3) is 0 Å². The molecular weight excluding hydrogens is 166 g/mol. The largest absolute Gasteiger partial charge is 0.396 e. The summed E-state index contributed by atoms with van der Waals surface area (Å²) in [6.07, 6.45) is 5.37. The van der Waals surface area contributed by atoms with Crippen molar-refractivity contribution in [3.8, 4) is 0 Å². The van der Waals surface area contributed by atoms with Crippen molar-refractivity contribution in [3.05, 3.63) is 0 Å². The van der Waals surface area contributed by atoms with Gasteiger partial charge in [0.15, 0.2) is 0 Å². The predicted octanol–water partition coefficient (Wildman–Crippen LogP) is 0.526. The van der Waals surface area contributed by atoms with Crippen LogP contribution in [-0.4, -0.2) is 37.0 Å². The molecule has 0 spiro atoms. The maximum atomic E-state index is 8.84. The second-order valence-corrected chi connectivity index (χ2v) is 4.23. The number of hydrogen-bond acceptors (Lipinski definition) is 3. The van der Waals surface area contributed by atoms with E-state index in [-0.39, 0.29) is 0 Å². The first-order chi connectivity index (χ1) is 6.38. The Kier molecular flexibility index (Phi) is 3.19. The first kappa shape index (κ1) is 9.44. The fourth-order valence-electron chi connectivity index (χ4n) is 2.14. The molecule has 0 aromatic carbocycles. The number of rotatable bonds is 3. The summed E-state index contributed by atoms with van der Waals surface area (Å²) in [7, 11) is 0. The van der Waals surface area contributed by atoms with Crippen LogP contribution < -0.4 is 5.32 Å². The Hall–Kier alpha value is -0.120. The highest BCUT2D eigenvalue weighted by atomic mass is 16.5. The van der Waals surface area contributed by atoms with Crippen LogP contribution in [0.1, 0.15) is 25.7 Å². The van der Waals surface area contributed by atoms with Gasteiger partial charge >= 0.3 is 0 Å². The maximum absolute atomic E-state index is 8.84. The summed E-state index contributed by atoms with van der Waals surface area (Å²) in [6.45, 7) is 2.54. The molecule has 1 aliphatic carbocycles. The zero-order valence-electron chi connectivity index (χ0n) is 8.04. The van der Waals surface area contributed by atoms with Crippen LogP contribution >= 0.6 is 0 Å². The molecule has 1 aliphatic heterocycles. The lowest BCUT2D eigenvalue weighted by atomic mass is 9.83. The third-order valence-corrected chi connectivity index (χ3v) is 3.12. The number of hydrogen-bond donors (Lipinski definition) is 2. The molecule has 3 heteroatoms. The molecule has 0 atom stereocenters.